The fourth-order valence-corrected chi connectivity index (χ4v) is 4.04. The molecule has 2 aromatic rings. The Labute approximate surface area is 174 Å². The van der Waals surface area contributed by atoms with Crippen LogP contribution in [0.25, 0.3) is 10.2 Å². The van der Waals surface area contributed by atoms with E-state index in [1.165, 1.54) is 16.2 Å². The fraction of sp³-hybridized carbons (Fsp3) is 0.611. The Morgan fingerprint density at radius 3 is 2.60 bits per heavy atom. The molecule has 1 saturated heterocycles. The summed E-state index contributed by atoms with van der Waals surface area (Å²) in [6, 6.07) is 2.02. The maximum atomic E-state index is 12.5. The summed E-state index contributed by atoms with van der Waals surface area (Å²) in [4.78, 5) is 25.5. The van der Waals surface area contributed by atoms with Crippen LogP contribution in [0.1, 0.15) is 18.2 Å². The van der Waals surface area contributed by atoms with Crippen molar-refractivity contribution in [1.29, 1.82) is 0 Å². The van der Waals surface area contributed by atoms with Crippen LogP contribution in [0.5, 0.6) is 6.01 Å². The maximum absolute atomic E-state index is 12.5. The van der Waals surface area contributed by atoms with Gasteiger partial charge in [-0.3, -0.25) is 4.79 Å². The molecule has 8 nitrogen and oxygen atoms in total. The third-order valence-corrected chi connectivity index (χ3v) is 5.82. The van der Waals surface area contributed by atoms with Gasteiger partial charge in [-0.2, -0.15) is 23.1 Å². The molecule has 3 heterocycles. The predicted molar refractivity (Wildman–Crippen MR) is 105 cm³/mol. The van der Waals surface area contributed by atoms with Crippen molar-refractivity contribution in [1.82, 2.24) is 14.9 Å². The van der Waals surface area contributed by atoms with Crippen molar-refractivity contribution in [3.63, 3.8) is 0 Å². The number of hydrogen-bond donors (Lipinski definition) is 2. The molecule has 3 rings (SSSR count). The molecule has 0 aromatic carbocycles. The number of aliphatic hydroxyl groups is 2. The Kier molecular flexibility index (Phi) is 6.98. The van der Waals surface area contributed by atoms with Crippen LogP contribution < -0.4 is 9.64 Å². The monoisotopic (exact) mass is 448 g/mol. The second kappa shape index (κ2) is 9.31. The zero-order valence-corrected chi connectivity index (χ0v) is 17.2. The standard InChI is InChI=1S/C18H23F3N4O4S/c1-2-12-7-13-15(22-17(23-16(13)30-12)29-10-11(27)9-26)25-5-3-24(4-6-25)14(28)8-18(19,20)21/h7,11,26-27H,2-6,8-10H2,1H3/t11-/m0/s1. The van der Waals surface area contributed by atoms with Crippen LogP contribution in [-0.2, 0) is 11.2 Å². The summed E-state index contributed by atoms with van der Waals surface area (Å²) in [5.41, 5.74) is 0. The number of ether oxygens (including phenoxy) is 1. The van der Waals surface area contributed by atoms with Crippen molar-refractivity contribution in [2.24, 2.45) is 0 Å². The number of thiophene rings is 1. The minimum absolute atomic E-state index is 0.0464. The second-order valence-electron chi connectivity index (χ2n) is 6.92. The van der Waals surface area contributed by atoms with E-state index in [9.17, 15) is 23.1 Å². The molecule has 0 unspecified atom stereocenters. The van der Waals surface area contributed by atoms with Gasteiger partial charge in [-0.05, 0) is 12.5 Å². The molecule has 0 radical (unpaired) electrons. The molecule has 1 amide bonds. The molecule has 30 heavy (non-hydrogen) atoms. The van der Waals surface area contributed by atoms with Crippen molar-refractivity contribution in [3.8, 4) is 6.01 Å². The summed E-state index contributed by atoms with van der Waals surface area (Å²) in [5, 5.41) is 19.2. The number of amides is 1. The van der Waals surface area contributed by atoms with E-state index in [1.54, 1.807) is 0 Å². The molecule has 166 valence electrons. The number of hydrogen-bond acceptors (Lipinski definition) is 8. The highest BCUT2D eigenvalue weighted by molar-refractivity contribution is 7.18. The van der Waals surface area contributed by atoms with E-state index in [0.29, 0.717) is 23.7 Å². The van der Waals surface area contributed by atoms with Crippen molar-refractivity contribution >= 4 is 33.3 Å². The first kappa shape index (κ1) is 22.5. The highest BCUT2D eigenvalue weighted by Gasteiger charge is 2.34. The summed E-state index contributed by atoms with van der Waals surface area (Å²) in [7, 11) is 0. The van der Waals surface area contributed by atoms with E-state index in [2.05, 4.69) is 9.97 Å². The molecule has 2 N–H and O–H groups in total. The number of halogens is 3. The number of piperazine rings is 1. The molecule has 0 aliphatic carbocycles. The lowest BCUT2D eigenvalue weighted by molar-refractivity contribution is -0.161. The number of carbonyl (C=O) groups is 1. The van der Waals surface area contributed by atoms with Crippen LogP contribution in [0.3, 0.4) is 0 Å². The molecular formula is C18H23F3N4O4S. The van der Waals surface area contributed by atoms with Crippen LogP contribution in [0, 0.1) is 0 Å². The van der Waals surface area contributed by atoms with Gasteiger partial charge in [0.2, 0.25) is 5.91 Å². The third-order valence-electron chi connectivity index (χ3n) is 4.65. The molecule has 1 aliphatic heterocycles. The molecule has 1 atom stereocenters. The first-order valence-corrected chi connectivity index (χ1v) is 10.3. The summed E-state index contributed by atoms with van der Waals surface area (Å²) in [6.45, 7) is 2.35. The maximum Gasteiger partial charge on any atom is 0.397 e. The molecule has 0 spiro atoms. The molecule has 1 fully saturated rings. The Balaban J connectivity index is 1.79. The third kappa shape index (κ3) is 5.49. The number of aliphatic hydroxyl groups excluding tert-OH is 2. The van der Waals surface area contributed by atoms with E-state index < -0.39 is 31.2 Å². The number of rotatable bonds is 7. The van der Waals surface area contributed by atoms with Gasteiger partial charge >= 0.3 is 12.2 Å². The minimum atomic E-state index is -4.52. The lowest BCUT2D eigenvalue weighted by Crippen LogP contribution is -2.49. The van der Waals surface area contributed by atoms with Gasteiger partial charge in [0, 0.05) is 31.1 Å². The smallest absolute Gasteiger partial charge is 0.397 e. The number of nitrogens with zero attached hydrogens (tertiary/aromatic N) is 4. The van der Waals surface area contributed by atoms with Gasteiger partial charge < -0.3 is 24.7 Å². The van der Waals surface area contributed by atoms with Crippen LogP contribution >= 0.6 is 11.3 Å². The van der Waals surface area contributed by atoms with Crippen molar-refractivity contribution in [2.75, 3.05) is 44.3 Å². The Hall–Kier alpha value is -2.18. The van der Waals surface area contributed by atoms with Crippen LogP contribution in [0.4, 0.5) is 19.0 Å². The van der Waals surface area contributed by atoms with E-state index in [4.69, 9.17) is 9.84 Å². The van der Waals surface area contributed by atoms with Crippen LogP contribution in [0.2, 0.25) is 0 Å². The van der Waals surface area contributed by atoms with Crippen molar-refractivity contribution in [2.45, 2.75) is 32.0 Å². The molecule has 0 saturated carbocycles. The molecule has 1 aliphatic rings. The number of aromatic nitrogens is 2. The molecule has 2 aromatic heterocycles. The van der Waals surface area contributed by atoms with E-state index in [-0.39, 0.29) is 25.7 Å². The second-order valence-corrected chi connectivity index (χ2v) is 8.04. The average Bonchev–Trinajstić information content (AvgIpc) is 3.13. The first-order chi connectivity index (χ1) is 14.2. The number of aryl methyl sites for hydroxylation is 1. The average molecular weight is 448 g/mol. The van der Waals surface area contributed by atoms with E-state index in [1.807, 2.05) is 17.9 Å². The minimum Gasteiger partial charge on any atom is -0.461 e. The predicted octanol–water partition coefficient (Wildman–Crippen LogP) is 1.59. The highest BCUT2D eigenvalue weighted by atomic mass is 32.1. The summed E-state index contributed by atoms with van der Waals surface area (Å²) >= 11 is 1.48. The summed E-state index contributed by atoms with van der Waals surface area (Å²) in [6.07, 6.45) is -6.24. The summed E-state index contributed by atoms with van der Waals surface area (Å²) < 4.78 is 42.9. The van der Waals surface area contributed by atoms with Crippen molar-refractivity contribution in [3.05, 3.63) is 10.9 Å². The topological polar surface area (TPSA) is 99.0 Å². The zero-order valence-electron chi connectivity index (χ0n) is 16.4. The Bertz CT molecular complexity index is 884. The number of fused-ring (bicyclic) bond motifs is 1. The lowest BCUT2D eigenvalue weighted by Gasteiger charge is -2.35. The van der Waals surface area contributed by atoms with Gasteiger partial charge in [0.25, 0.3) is 0 Å². The number of alkyl halides is 3. The largest absolute Gasteiger partial charge is 0.461 e. The highest BCUT2D eigenvalue weighted by Crippen LogP contribution is 2.33. The Morgan fingerprint density at radius 2 is 2.00 bits per heavy atom. The quantitative estimate of drug-likeness (QED) is 0.664. The van der Waals surface area contributed by atoms with E-state index >= 15 is 0 Å². The molecular weight excluding hydrogens is 425 g/mol. The fourth-order valence-electron chi connectivity index (χ4n) is 3.09. The summed E-state index contributed by atoms with van der Waals surface area (Å²) in [5.74, 6) is -0.354. The first-order valence-electron chi connectivity index (χ1n) is 9.51. The molecule has 12 heteroatoms. The van der Waals surface area contributed by atoms with Gasteiger partial charge in [-0.1, -0.05) is 6.92 Å². The van der Waals surface area contributed by atoms with Gasteiger partial charge in [-0.25, -0.2) is 0 Å². The van der Waals surface area contributed by atoms with Crippen molar-refractivity contribution < 1.29 is 32.9 Å². The molecule has 0 bridgehead atoms. The van der Waals surface area contributed by atoms with Gasteiger partial charge in [-0.15, -0.1) is 11.3 Å². The lowest BCUT2D eigenvalue weighted by atomic mass is 10.2. The number of anilines is 1. The van der Waals surface area contributed by atoms with Crippen LogP contribution in [-0.4, -0.2) is 82.7 Å². The Morgan fingerprint density at radius 1 is 1.30 bits per heavy atom. The number of carbonyl (C=O) groups excluding carboxylic acids is 1. The zero-order chi connectivity index (χ0) is 21.9. The normalized spacial score (nSPS) is 16.2. The van der Waals surface area contributed by atoms with Gasteiger partial charge in [0.05, 0.1) is 12.0 Å². The van der Waals surface area contributed by atoms with E-state index in [0.717, 1.165) is 16.7 Å². The van der Waals surface area contributed by atoms with Gasteiger partial charge in [0.15, 0.2) is 0 Å². The van der Waals surface area contributed by atoms with Gasteiger partial charge in [0.1, 0.15) is 29.8 Å². The van der Waals surface area contributed by atoms with Crippen LogP contribution in [0.15, 0.2) is 6.07 Å². The SMILES string of the molecule is CCc1cc2c(N3CCN(C(=O)CC(F)(F)F)CC3)nc(OC[C@@H](O)CO)nc2s1.